The van der Waals surface area contributed by atoms with E-state index in [0.717, 1.165) is 23.5 Å². The molecule has 0 bridgehead atoms. The second-order valence-electron chi connectivity index (χ2n) is 6.62. The molecule has 0 aliphatic heterocycles. The van der Waals surface area contributed by atoms with E-state index in [1.165, 1.54) is 12.1 Å². The van der Waals surface area contributed by atoms with Gasteiger partial charge in [-0.1, -0.05) is 0 Å². The molecule has 4 N–H and O–H groups in total. The van der Waals surface area contributed by atoms with Crippen LogP contribution in [-0.4, -0.2) is 18.3 Å². The van der Waals surface area contributed by atoms with Crippen LogP contribution in [0.15, 0.2) is 83.0 Å². The molecule has 3 rings (SSSR count). The third kappa shape index (κ3) is 7.00. The van der Waals surface area contributed by atoms with Crippen molar-refractivity contribution < 1.29 is 18.3 Å². The third-order valence-corrected chi connectivity index (χ3v) is 4.24. The number of aliphatic hydroxyl groups is 1. The number of alkyl halides is 3. The summed E-state index contributed by atoms with van der Waals surface area (Å²) in [6, 6.07) is 19.3. The van der Waals surface area contributed by atoms with Crippen molar-refractivity contribution in [1.82, 2.24) is 0 Å². The highest BCUT2D eigenvalue weighted by atomic mass is 19.4. The predicted molar refractivity (Wildman–Crippen MR) is 116 cm³/mol. The van der Waals surface area contributed by atoms with Crippen LogP contribution in [0.25, 0.3) is 0 Å². The Balaban J connectivity index is 1.50. The number of aliphatic hydroxyl groups excluding tert-OH is 1. The number of halogens is 3. The van der Waals surface area contributed by atoms with Crippen LogP contribution in [0, 0.1) is 0 Å². The largest absolute Gasteiger partial charge is 0.416 e. The molecule has 0 saturated carbocycles. The van der Waals surface area contributed by atoms with Crippen molar-refractivity contribution in [3.8, 4) is 0 Å². The molecule has 31 heavy (non-hydrogen) atoms. The zero-order valence-corrected chi connectivity index (χ0v) is 16.5. The fraction of sp³-hybridized carbons (Fsp3) is 0.182. The van der Waals surface area contributed by atoms with Crippen molar-refractivity contribution in [2.24, 2.45) is 10.2 Å². The zero-order valence-electron chi connectivity index (χ0n) is 16.5. The van der Waals surface area contributed by atoms with Crippen LogP contribution >= 0.6 is 0 Å². The number of nitrogens with one attached hydrogen (secondary N) is 3. The van der Waals surface area contributed by atoms with E-state index in [2.05, 4.69) is 26.4 Å². The average molecular weight is 429 g/mol. The molecule has 0 aliphatic rings. The van der Waals surface area contributed by atoms with E-state index in [1.54, 1.807) is 24.3 Å². The van der Waals surface area contributed by atoms with Gasteiger partial charge in [-0.25, -0.2) is 0 Å². The number of azo groups is 1. The highest BCUT2D eigenvalue weighted by Gasteiger charge is 2.29. The molecule has 0 aliphatic carbocycles. The van der Waals surface area contributed by atoms with E-state index in [1.807, 2.05) is 24.3 Å². The second-order valence-corrected chi connectivity index (χ2v) is 6.62. The minimum atomic E-state index is -4.35. The van der Waals surface area contributed by atoms with Gasteiger partial charge in [0.1, 0.15) is 0 Å². The van der Waals surface area contributed by atoms with Gasteiger partial charge in [-0.3, -0.25) is 0 Å². The van der Waals surface area contributed by atoms with Gasteiger partial charge in [-0.15, -0.1) is 0 Å². The number of hydrazine groups is 1. The Morgan fingerprint density at radius 3 is 1.58 bits per heavy atom. The lowest BCUT2D eigenvalue weighted by molar-refractivity contribution is -0.137. The number of rotatable bonds is 9. The molecule has 0 aromatic heterocycles. The second kappa shape index (κ2) is 10.4. The zero-order chi connectivity index (χ0) is 22.1. The topological polar surface area (TPSA) is 81.0 Å². The lowest BCUT2D eigenvalue weighted by Gasteiger charge is -2.11. The maximum atomic E-state index is 12.6. The summed E-state index contributed by atoms with van der Waals surface area (Å²) in [7, 11) is 0. The minimum Gasteiger partial charge on any atom is -0.396 e. The van der Waals surface area contributed by atoms with Crippen molar-refractivity contribution in [3.63, 3.8) is 0 Å². The molecule has 9 heteroatoms. The van der Waals surface area contributed by atoms with Gasteiger partial charge in [0.05, 0.1) is 28.3 Å². The van der Waals surface area contributed by atoms with Crippen LogP contribution in [0.1, 0.15) is 12.0 Å². The molecular formula is C22H22F3N5O. The van der Waals surface area contributed by atoms with E-state index in [4.69, 9.17) is 5.11 Å². The van der Waals surface area contributed by atoms with Gasteiger partial charge in [0.25, 0.3) is 0 Å². The van der Waals surface area contributed by atoms with E-state index >= 15 is 0 Å². The highest BCUT2D eigenvalue weighted by Crippen LogP contribution is 2.30. The summed E-state index contributed by atoms with van der Waals surface area (Å²) < 4.78 is 37.8. The standard InChI is InChI=1S/C22H22F3N5O/c23-22(24,25)16-2-4-18(5-3-16)27-29-20-10-12-21(13-11-20)30-28-19-8-6-17(7-9-19)26-14-1-15-31/h2-13,26-27,29,31H,1,14-15H2. The van der Waals surface area contributed by atoms with E-state index in [9.17, 15) is 13.2 Å². The smallest absolute Gasteiger partial charge is 0.396 e. The first-order valence-corrected chi connectivity index (χ1v) is 9.60. The lowest BCUT2D eigenvalue weighted by Crippen LogP contribution is -2.09. The first-order chi connectivity index (χ1) is 14.9. The van der Waals surface area contributed by atoms with Crippen molar-refractivity contribution >= 4 is 28.4 Å². The number of hydrogen-bond donors (Lipinski definition) is 4. The quantitative estimate of drug-likeness (QED) is 0.181. The molecule has 6 nitrogen and oxygen atoms in total. The molecule has 0 radical (unpaired) electrons. The molecule has 0 heterocycles. The van der Waals surface area contributed by atoms with E-state index in [-0.39, 0.29) is 6.61 Å². The molecule has 0 fully saturated rings. The normalized spacial score (nSPS) is 11.5. The first-order valence-electron chi connectivity index (χ1n) is 9.60. The van der Waals surface area contributed by atoms with E-state index in [0.29, 0.717) is 30.0 Å². The molecule has 0 atom stereocenters. The van der Waals surface area contributed by atoms with Crippen LogP contribution in [0.3, 0.4) is 0 Å². The third-order valence-electron chi connectivity index (χ3n) is 4.24. The lowest BCUT2D eigenvalue weighted by atomic mass is 10.2. The summed E-state index contributed by atoms with van der Waals surface area (Å²) in [5, 5.41) is 20.4. The predicted octanol–water partition coefficient (Wildman–Crippen LogP) is 6.35. The molecule has 0 saturated heterocycles. The number of anilines is 3. The molecule has 0 unspecified atom stereocenters. The fourth-order valence-corrected chi connectivity index (χ4v) is 2.57. The van der Waals surface area contributed by atoms with Crippen molar-refractivity contribution in [2.45, 2.75) is 12.6 Å². The average Bonchev–Trinajstić information content (AvgIpc) is 2.78. The molecule has 0 amide bonds. The maximum Gasteiger partial charge on any atom is 0.416 e. The van der Waals surface area contributed by atoms with Crippen molar-refractivity contribution in [3.05, 3.63) is 78.4 Å². The summed E-state index contributed by atoms with van der Waals surface area (Å²) in [6.45, 7) is 0.851. The molecule has 0 spiro atoms. The Labute approximate surface area is 177 Å². The highest BCUT2D eigenvalue weighted by molar-refractivity contribution is 5.56. The van der Waals surface area contributed by atoms with Crippen LogP contribution in [0.2, 0.25) is 0 Å². The Kier molecular flexibility index (Phi) is 7.45. The van der Waals surface area contributed by atoms with Gasteiger partial charge in [0.15, 0.2) is 0 Å². The summed E-state index contributed by atoms with van der Waals surface area (Å²) in [5.74, 6) is 0. The summed E-state index contributed by atoms with van der Waals surface area (Å²) in [5.41, 5.74) is 8.61. The Hall–Kier alpha value is -3.59. The van der Waals surface area contributed by atoms with Gasteiger partial charge in [0.2, 0.25) is 0 Å². The Morgan fingerprint density at radius 2 is 1.13 bits per heavy atom. The maximum absolute atomic E-state index is 12.6. The van der Waals surface area contributed by atoms with E-state index < -0.39 is 11.7 Å². The van der Waals surface area contributed by atoms with Crippen LogP contribution < -0.4 is 16.2 Å². The first kappa shape index (κ1) is 22.1. The Morgan fingerprint density at radius 1 is 0.677 bits per heavy atom. The van der Waals surface area contributed by atoms with Crippen molar-refractivity contribution in [1.29, 1.82) is 0 Å². The van der Waals surface area contributed by atoms with Crippen LogP contribution in [0.5, 0.6) is 0 Å². The van der Waals surface area contributed by atoms with Gasteiger partial charge >= 0.3 is 6.18 Å². The summed E-state index contributed by atoms with van der Waals surface area (Å²) in [4.78, 5) is 0. The summed E-state index contributed by atoms with van der Waals surface area (Å²) >= 11 is 0. The molecule has 162 valence electrons. The molecular weight excluding hydrogens is 407 g/mol. The monoisotopic (exact) mass is 429 g/mol. The van der Waals surface area contributed by atoms with Gasteiger partial charge in [0, 0.05) is 18.8 Å². The van der Waals surface area contributed by atoms with Crippen molar-refractivity contribution in [2.75, 3.05) is 29.3 Å². The Bertz CT molecular complexity index is 972. The number of nitrogens with zero attached hydrogens (tertiary/aromatic N) is 2. The molecule has 3 aromatic rings. The fourth-order valence-electron chi connectivity index (χ4n) is 2.57. The van der Waals surface area contributed by atoms with Crippen LogP contribution in [0.4, 0.5) is 41.6 Å². The summed E-state index contributed by atoms with van der Waals surface area (Å²) in [6.07, 6.45) is -3.66. The SMILES string of the molecule is OCCCNc1ccc(N=Nc2ccc(NNc3ccc(C(F)(F)F)cc3)cc2)cc1. The minimum absolute atomic E-state index is 0.152. The molecule has 3 aromatic carbocycles. The van der Waals surface area contributed by atoms with Gasteiger partial charge in [-0.2, -0.15) is 23.4 Å². The number of benzene rings is 3. The number of hydrogen-bond acceptors (Lipinski definition) is 6. The van der Waals surface area contributed by atoms with Crippen LogP contribution in [-0.2, 0) is 6.18 Å². The van der Waals surface area contributed by atoms with Gasteiger partial charge < -0.3 is 21.3 Å². The van der Waals surface area contributed by atoms with Gasteiger partial charge in [-0.05, 0) is 79.2 Å².